The van der Waals surface area contributed by atoms with Crippen molar-refractivity contribution in [2.45, 2.75) is 25.3 Å². The van der Waals surface area contributed by atoms with Crippen LogP contribution < -0.4 is 10.0 Å². The van der Waals surface area contributed by atoms with Crippen LogP contribution in [0.15, 0.2) is 53.6 Å². The van der Waals surface area contributed by atoms with E-state index >= 15 is 0 Å². The van der Waals surface area contributed by atoms with Gasteiger partial charge >= 0.3 is 0 Å². The lowest BCUT2D eigenvalue weighted by Crippen LogP contribution is -2.27. The Hall–Kier alpha value is -2.25. The number of hydrogen-bond acceptors (Lipinski definition) is 4. The summed E-state index contributed by atoms with van der Waals surface area (Å²) in [5.41, 5.74) is 1.15. The van der Waals surface area contributed by atoms with Crippen LogP contribution in [0.25, 0.3) is 0 Å². The van der Waals surface area contributed by atoms with Gasteiger partial charge in [0.25, 0.3) is 5.91 Å². The van der Waals surface area contributed by atoms with Crippen molar-refractivity contribution >= 4 is 15.9 Å². The second-order valence-corrected chi connectivity index (χ2v) is 7.54. The fourth-order valence-electron chi connectivity index (χ4n) is 1.92. The van der Waals surface area contributed by atoms with E-state index in [1.807, 2.05) is 26.0 Å². The number of nitrogens with one attached hydrogen (secondary N) is 2. The lowest BCUT2D eigenvalue weighted by atomic mass is 10.2. The first-order valence-corrected chi connectivity index (χ1v) is 9.14. The molecule has 0 radical (unpaired) electrons. The van der Waals surface area contributed by atoms with Crippen LogP contribution >= 0.6 is 0 Å². The molecule has 7 heteroatoms. The van der Waals surface area contributed by atoms with E-state index < -0.39 is 10.0 Å². The molecular weight excluding hydrogens is 326 g/mol. The first-order chi connectivity index (χ1) is 11.4. The van der Waals surface area contributed by atoms with E-state index in [9.17, 15) is 13.2 Å². The van der Waals surface area contributed by atoms with E-state index in [2.05, 4.69) is 15.0 Å². The lowest BCUT2D eigenvalue weighted by Gasteiger charge is -2.09. The molecule has 1 aromatic carbocycles. The minimum Gasteiger partial charge on any atom is -0.346 e. The fourth-order valence-corrected chi connectivity index (χ4v) is 3.13. The van der Waals surface area contributed by atoms with Crippen LogP contribution in [0.3, 0.4) is 0 Å². The topological polar surface area (TPSA) is 88.2 Å². The van der Waals surface area contributed by atoms with Gasteiger partial charge in [0.1, 0.15) is 0 Å². The van der Waals surface area contributed by atoms with Crippen LogP contribution in [0.1, 0.15) is 29.9 Å². The molecule has 0 saturated heterocycles. The lowest BCUT2D eigenvalue weighted by molar-refractivity contribution is 0.0950. The Morgan fingerprint density at radius 3 is 2.42 bits per heavy atom. The van der Waals surface area contributed by atoms with Gasteiger partial charge in [0.15, 0.2) is 0 Å². The van der Waals surface area contributed by atoms with Crippen molar-refractivity contribution in [3.05, 3.63) is 59.9 Å². The molecule has 2 aromatic rings. The normalized spacial score (nSPS) is 11.5. The third-order valence-electron chi connectivity index (χ3n) is 3.26. The number of benzene rings is 1. The SMILES string of the molecule is CC(C)CNS(=O)(=O)c1ccc(C(=O)NCc2ccccn2)cc1. The van der Waals surface area contributed by atoms with Crippen molar-refractivity contribution in [3.63, 3.8) is 0 Å². The summed E-state index contributed by atoms with van der Waals surface area (Å²) in [5, 5.41) is 2.75. The zero-order valence-corrected chi connectivity index (χ0v) is 14.5. The first-order valence-electron chi connectivity index (χ1n) is 7.66. The second kappa shape index (κ2) is 8.03. The second-order valence-electron chi connectivity index (χ2n) is 5.77. The highest BCUT2D eigenvalue weighted by Gasteiger charge is 2.15. The van der Waals surface area contributed by atoms with E-state index in [1.165, 1.54) is 24.3 Å². The number of sulfonamides is 1. The largest absolute Gasteiger partial charge is 0.346 e. The molecule has 0 aliphatic carbocycles. The highest BCUT2D eigenvalue weighted by molar-refractivity contribution is 7.89. The molecule has 0 bridgehead atoms. The Bertz CT molecular complexity index is 772. The Kier molecular flexibility index (Phi) is 6.05. The quantitative estimate of drug-likeness (QED) is 0.801. The molecule has 24 heavy (non-hydrogen) atoms. The van der Waals surface area contributed by atoms with Gasteiger partial charge in [-0.05, 0) is 42.3 Å². The molecule has 0 atom stereocenters. The minimum atomic E-state index is -3.54. The molecule has 1 amide bonds. The van der Waals surface area contributed by atoms with Crippen LogP contribution in [-0.4, -0.2) is 25.9 Å². The van der Waals surface area contributed by atoms with E-state index in [0.29, 0.717) is 18.7 Å². The number of aromatic nitrogens is 1. The number of nitrogens with zero attached hydrogens (tertiary/aromatic N) is 1. The van der Waals surface area contributed by atoms with Gasteiger partial charge in [-0.25, -0.2) is 13.1 Å². The zero-order chi connectivity index (χ0) is 17.6. The van der Waals surface area contributed by atoms with Gasteiger partial charge in [-0.3, -0.25) is 9.78 Å². The van der Waals surface area contributed by atoms with Gasteiger partial charge in [0.05, 0.1) is 17.1 Å². The molecule has 0 unspecified atom stereocenters. The summed E-state index contributed by atoms with van der Waals surface area (Å²) in [6, 6.07) is 11.3. The summed E-state index contributed by atoms with van der Waals surface area (Å²) in [6.07, 6.45) is 1.66. The molecule has 2 N–H and O–H groups in total. The Morgan fingerprint density at radius 1 is 1.12 bits per heavy atom. The van der Waals surface area contributed by atoms with Crippen LogP contribution in [0.5, 0.6) is 0 Å². The smallest absolute Gasteiger partial charge is 0.251 e. The average molecular weight is 347 g/mol. The minimum absolute atomic E-state index is 0.143. The van der Waals surface area contributed by atoms with Crippen molar-refractivity contribution in [2.75, 3.05) is 6.54 Å². The highest BCUT2D eigenvalue weighted by atomic mass is 32.2. The summed E-state index contributed by atoms with van der Waals surface area (Å²) in [5.74, 6) is -0.0591. The summed E-state index contributed by atoms with van der Waals surface area (Å²) in [6.45, 7) is 4.54. The molecule has 0 fully saturated rings. The zero-order valence-electron chi connectivity index (χ0n) is 13.7. The van der Waals surface area contributed by atoms with Crippen molar-refractivity contribution in [1.82, 2.24) is 15.0 Å². The Morgan fingerprint density at radius 2 is 1.83 bits per heavy atom. The van der Waals surface area contributed by atoms with Crippen molar-refractivity contribution < 1.29 is 13.2 Å². The maximum absolute atomic E-state index is 12.1. The van der Waals surface area contributed by atoms with Crippen molar-refractivity contribution in [3.8, 4) is 0 Å². The van der Waals surface area contributed by atoms with Crippen molar-refractivity contribution in [2.24, 2.45) is 5.92 Å². The van der Waals surface area contributed by atoms with Gasteiger partial charge in [-0.2, -0.15) is 0 Å². The van der Waals surface area contributed by atoms with Crippen molar-refractivity contribution in [1.29, 1.82) is 0 Å². The summed E-state index contributed by atoms with van der Waals surface area (Å²) in [7, 11) is -3.54. The van der Waals surface area contributed by atoms with E-state index in [4.69, 9.17) is 0 Å². The van der Waals surface area contributed by atoms with Crippen LogP contribution in [0.2, 0.25) is 0 Å². The maximum Gasteiger partial charge on any atom is 0.251 e. The molecule has 0 spiro atoms. The summed E-state index contributed by atoms with van der Waals surface area (Å²) in [4.78, 5) is 16.4. The third-order valence-corrected chi connectivity index (χ3v) is 4.70. The Balaban J connectivity index is 1.99. The summed E-state index contributed by atoms with van der Waals surface area (Å²) >= 11 is 0. The number of carbonyl (C=O) groups excluding carboxylic acids is 1. The first kappa shape index (κ1) is 18.1. The number of rotatable bonds is 7. The molecule has 0 saturated carbocycles. The monoisotopic (exact) mass is 347 g/mol. The number of pyridine rings is 1. The summed E-state index contributed by atoms with van der Waals surface area (Å²) < 4.78 is 26.8. The molecular formula is C17H21N3O3S. The molecule has 1 aromatic heterocycles. The molecule has 6 nitrogen and oxygen atoms in total. The molecule has 2 rings (SSSR count). The number of hydrogen-bond donors (Lipinski definition) is 2. The molecule has 0 aliphatic rings. The van der Waals surface area contributed by atoms with Crippen LogP contribution in [0, 0.1) is 5.92 Å². The van der Waals surface area contributed by atoms with E-state index in [-0.39, 0.29) is 16.7 Å². The van der Waals surface area contributed by atoms with E-state index in [0.717, 1.165) is 5.69 Å². The molecule has 128 valence electrons. The molecule has 0 aliphatic heterocycles. The Labute approximate surface area is 142 Å². The third kappa shape index (κ3) is 5.14. The van der Waals surface area contributed by atoms with Crippen LogP contribution in [0.4, 0.5) is 0 Å². The van der Waals surface area contributed by atoms with E-state index in [1.54, 1.807) is 12.3 Å². The predicted molar refractivity (Wildman–Crippen MR) is 91.9 cm³/mol. The number of amides is 1. The van der Waals surface area contributed by atoms with Gasteiger partial charge in [-0.15, -0.1) is 0 Å². The van der Waals surface area contributed by atoms with Gasteiger partial charge in [-0.1, -0.05) is 19.9 Å². The predicted octanol–water partition coefficient (Wildman–Crippen LogP) is 1.95. The fraction of sp³-hybridized carbons (Fsp3) is 0.294. The average Bonchev–Trinajstić information content (AvgIpc) is 2.59. The van der Waals surface area contributed by atoms with Gasteiger partial charge in [0, 0.05) is 18.3 Å². The van der Waals surface area contributed by atoms with Gasteiger partial charge < -0.3 is 5.32 Å². The van der Waals surface area contributed by atoms with Crippen LogP contribution in [-0.2, 0) is 16.6 Å². The van der Waals surface area contributed by atoms with Gasteiger partial charge in [0.2, 0.25) is 10.0 Å². The highest BCUT2D eigenvalue weighted by Crippen LogP contribution is 2.11. The number of carbonyl (C=O) groups is 1. The maximum atomic E-state index is 12.1. The molecule has 1 heterocycles. The standard InChI is InChI=1S/C17H21N3O3S/c1-13(2)11-20-24(22,23)16-8-6-14(7-9-16)17(21)19-12-15-5-3-4-10-18-15/h3-10,13,20H,11-12H2,1-2H3,(H,19,21).